The number of nitrogens with one attached hydrogen (secondary N) is 1. The van der Waals surface area contributed by atoms with Crippen molar-refractivity contribution in [3.8, 4) is 5.88 Å². The van der Waals surface area contributed by atoms with Gasteiger partial charge in [-0.05, 0) is 35.7 Å². The Balaban J connectivity index is 1.59. The third kappa shape index (κ3) is 4.23. The van der Waals surface area contributed by atoms with Crippen LogP contribution in [0.4, 0.5) is 0 Å². The number of pyridine rings is 1. The molecule has 0 aliphatic carbocycles. The summed E-state index contributed by atoms with van der Waals surface area (Å²) in [5, 5.41) is 10.3. The van der Waals surface area contributed by atoms with Crippen LogP contribution in [-0.2, 0) is 17.8 Å². The van der Waals surface area contributed by atoms with E-state index in [-0.39, 0.29) is 24.1 Å². The molecule has 0 saturated carbocycles. The number of fused-ring (bicyclic) bond motifs is 1. The first-order valence-electron chi connectivity index (χ1n) is 9.42. The molecule has 1 atom stereocenters. The van der Waals surface area contributed by atoms with E-state index in [1.54, 1.807) is 35.7 Å². The van der Waals surface area contributed by atoms with Crippen molar-refractivity contribution >= 4 is 28.0 Å². The van der Waals surface area contributed by atoms with E-state index < -0.39 is 0 Å². The molecule has 0 radical (unpaired) electrons. The molecule has 0 aliphatic rings. The van der Waals surface area contributed by atoms with Crippen molar-refractivity contribution in [3.63, 3.8) is 0 Å². The summed E-state index contributed by atoms with van der Waals surface area (Å²) in [6.07, 6.45) is 2.31. The molecule has 0 fully saturated rings. The Hall–Kier alpha value is -3.52. The predicted molar refractivity (Wildman–Crippen MR) is 116 cm³/mol. The van der Waals surface area contributed by atoms with Gasteiger partial charge in [0, 0.05) is 17.5 Å². The quantitative estimate of drug-likeness (QED) is 0.497. The van der Waals surface area contributed by atoms with Crippen LogP contribution in [0.5, 0.6) is 5.88 Å². The minimum absolute atomic E-state index is 0.214. The topological polar surface area (TPSA) is 86.1 Å². The van der Waals surface area contributed by atoms with Crippen molar-refractivity contribution in [3.05, 3.63) is 87.1 Å². The number of aromatic nitrogens is 3. The zero-order chi connectivity index (χ0) is 20.9. The molecule has 0 bridgehead atoms. The molecule has 3 aromatic heterocycles. The third-order valence-electron chi connectivity index (χ3n) is 4.69. The van der Waals surface area contributed by atoms with Crippen LogP contribution >= 0.6 is 11.3 Å². The predicted octanol–water partition coefficient (Wildman–Crippen LogP) is 2.96. The number of thiophene rings is 1. The van der Waals surface area contributed by atoms with E-state index in [2.05, 4.69) is 15.4 Å². The zero-order valence-electron chi connectivity index (χ0n) is 16.3. The summed E-state index contributed by atoms with van der Waals surface area (Å²) in [6, 6.07) is 16.3. The standard InChI is InChI=1S/C22H20N4O3S/c1-29-21-16-8-2-3-9-17(16)22(28)26(25-21)14-20(27)24-19(13-15-7-6-12-30-15)18-10-4-5-11-23-18/h2-12,19H,13-14H2,1H3,(H,24,27). The SMILES string of the molecule is COc1nn(CC(=O)NC(Cc2cccs2)c2ccccn2)c(=O)c2ccccc12. The number of carbonyl (C=O) groups excluding carboxylic acids is 1. The molecule has 1 unspecified atom stereocenters. The third-order valence-corrected chi connectivity index (χ3v) is 5.58. The van der Waals surface area contributed by atoms with Crippen LogP contribution in [0.1, 0.15) is 16.6 Å². The van der Waals surface area contributed by atoms with Crippen LogP contribution in [0.3, 0.4) is 0 Å². The molecule has 0 aliphatic heterocycles. The number of carbonyl (C=O) groups is 1. The van der Waals surface area contributed by atoms with Crippen LogP contribution < -0.4 is 15.6 Å². The molecule has 3 heterocycles. The Kier molecular flexibility index (Phi) is 5.85. The number of benzene rings is 1. The fourth-order valence-electron chi connectivity index (χ4n) is 3.28. The van der Waals surface area contributed by atoms with Crippen LogP contribution in [-0.4, -0.2) is 27.8 Å². The van der Waals surface area contributed by atoms with Gasteiger partial charge < -0.3 is 10.1 Å². The molecular weight excluding hydrogens is 400 g/mol. The van der Waals surface area contributed by atoms with Crippen molar-refractivity contribution in [2.45, 2.75) is 19.0 Å². The van der Waals surface area contributed by atoms with Gasteiger partial charge in [0.15, 0.2) is 0 Å². The Morgan fingerprint density at radius 3 is 2.63 bits per heavy atom. The van der Waals surface area contributed by atoms with Crippen molar-refractivity contribution < 1.29 is 9.53 Å². The molecule has 4 rings (SSSR count). The average molecular weight is 420 g/mol. The second kappa shape index (κ2) is 8.87. The lowest BCUT2D eigenvalue weighted by atomic mass is 10.1. The molecule has 0 spiro atoms. The van der Waals surface area contributed by atoms with E-state index >= 15 is 0 Å². The Labute approximate surface area is 177 Å². The van der Waals surface area contributed by atoms with Gasteiger partial charge in [0.05, 0.1) is 29.6 Å². The van der Waals surface area contributed by atoms with Crippen molar-refractivity contribution in [2.75, 3.05) is 7.11 Å². The minimum atomic E-state index is -0.339. The smallest absolute Gasteiger partial charge is 0.275 e. The van der Waals surface area contributed by atoms with Gasteiger partial charge in [-0.1, -0.05) is 24.3 Å². The molecule has 7 nitrogen and oxygen atoms in total. The number of nitrogens with zero attached hydrogens (tertiary/aromatic N) is 3. The van der Waals surface area contributed by atoms with E-state index in [1.165, 1.54) is 7.11 Å². The Morgan fingerprint density at radius 2 is 1.93 bits per heavy atom. The van der Waals surface area contributed by atoms with Gasteiger partial charge in [0.25, 0.3) is 5.56 Å². The number of ether oxygens (including phenoxy) is 1. The molecule has 30 heavy (non-hydrogen) atoms. The van der Waals surface area contributed by atoms with E-state index in [0.717, 1.165) is 15.3 Å². The van der Waals surface area contributed by atoms with Gasteiger partial charge in [-0.25, -0.2) is 4.68 Å². The molecule has 4 aromatic rings. The summed E-state index contributed by atoms with van der Waals surface area (Å²) in [7, 11) is 1.49. The fourth-order valence-corrected chi connectivity index (χ4v) is 4.03. The number of hydrogen-bond acceptors (Lipinski definition) is 6. The molecule has 1 amide bonds. The maximum absolute atomic E-state index is 12.8. The first-order valence-corrected chi connectivity index (χ1v) is 10.3. The monoisotopic (exact) mass is 420 g/mol. The highest BCUT2D eigenvalue weighted by atomic mass is 32.1. The summed E-state index contributed by atoms with van der Waals surface area (Å²) in [4.78, 5) is 31.2. The number of methoxy groups -OCH3 is 1. The van der Waals surface area contributed by atoms with E-state index in [0.29, 0.717) is 23.1 Å². The van der Waals surface area contributed by atoms with Crippen LogP contribution in [0, 0.1) is 0 Å². The van der Waals surface area contributed by atoms with Crippen molar-refractivity contribution in [1.82, 2.24) is 20.1 Å². The highest BCUT2D eigenvalue weighted by Crippen LogP contribution is 2.21. The Morgan fingerprint density at radius 1 is 1.13 bits per heavy atom. The molecule has 8 heteroatoms. The number of hydrogen-bond donors (Lipinski definition) is 1. The van der Waals surface area contributed by atoms with Gasteiger partial charge in [-0.2, -0.15) is 0 Å². The lowest BCUT2D eigenvalue weighted by Gasteiger charge is -2.18. The maximum atomic E-state index is 12.8. The second-order valence-electron chi connectivity index (χ2n) is 6.68. The molecule has 0 saturated heterocycles. The van der Waals surface area contributed by atoms with E-state index in [9.17, 15) is 9.59 Å². The molecule has 152 valence electrons. The first-order chi connectivity index (χ1) is 14.7. The van der Waals surface area contributed by atoms with Crippen molar-refractivity contribution in [1.29, 1.82) is 0 Å². The maximum Gasteiger partial charge on any atom is 0.275 e. The highest BCUT2D eigenvalue weighted by Gasteiger charge is 2.19. The van der Waals surface area contributed by atoms with E-state index in [1.807, 2.05) is 41.8 Å². The van der Waals surface area contributed by atoms with Crippen LogP contribution in [0.15, 0.2) is 71.0 Å². The lowest BCUT2D eigenvalue weighted by molar-refractivity contribution is -0.122. The average Bonchev–Trinajstić information content (AvgIpc) is 3.29. The fraction of sp³-hybridized carbons (Fsp3) is 0.182. The summed E-state index contributed by atoms with van der Waals surface area (Å²) in [6.45, 7) is -0.214. The molecular formula is C22H20N4O3S. The summed E-state index contributed by atoms with van der Waals surface area (Å²) in [5.41, 5.74) is 0.421. The minimum Gasteiger partial charge on any atom is -0.480 e. The normalized spacial score (nSPS) is 11.9. The largest absolute Gasteiger partial charge is 0.480 e. The van der Waals surface area contributed by atoms with Gasteiger partial charge in [-0.3, -0.25) is 14.6 Å². The van der Waals surface area contributed by atoms with Gasteiger partial charge in [-0.15, -0.1) is 16.4 Å². The van der Waals surface area contributed by atoms with Gasteiger partial charge >= 0.3 is 0 Å². The number of rotatable bonds is 7. The van der Waals surface area contributed by atoms with Crippen LogP contribution in [0.2, 0.25) is 0 Å². The molecule has 1 aromatic carbocycles. The van der Waals surface area contributed by atoms with Crippen LogP contribution in [0.25, 0.3) is 10.8 Å². The van der Waals surface area contributed by atoms with Gasteiger partial charge in [0.1, 0.15) is 6.54 Å². The summed E-state index contributed by atoms with van der Waals surface area (Å²) in [5.74, 6) is -0.0213. The van der Waals surface area contributed by atoms with Crippen molar-refractivity contribution in [2.24, 2.45) is 0 Å². The first kappa shape index (κ1) is 19.8. The Bertz CT molecular complexity index is 1210. The lowest BCUT2D eigenvalue weighted by Crippen LogP contribution is -2.36. The second-order valence-corrected chi connectivity index (χ2v) is 7.71. The summed E-state index contributed by atoms with van der Waals surface area (Å²) < 4.78 is 6.45. The van der Waals surface area contributed by atoms with E-state index in [4.69, 9.17) is 4.74 Å². The summed E-state index contributed by atoms with van der Waals surface area (Å²) >= 11 is 1.62. The molecule has 1 N–H and O–H groups in total. The zero-order valence-corrected chi connectivity index (χ0v) is 17.1. The van der Waals surface area contributed by atoms with Gasteiger partial charge in [0.2, 0.25) is 11.8 Å². The highest BCUT2D eigenvalue weighted by molar-refractivity contribution is 7.09. The number of amides is 1.